The van der Waals surface area contributed by atoms with Gasteiger partial charge < -0.3 is 15.5 Å². The summed E-state index contributed by atoms with van der Waals surface area (Å²) in [5, 5.41) is 23.5. The third kappa shape index (κ3) is 3.78. The maximum atomic E-state index is 12.8. The lowest BCUT2D eigenvalue weighted by molar-refractivity contribution is 0.0191. The largest absolute Gasteiger partial charge is 0.478 e. The second kappa shape index (κ2) is 7.30. The maximum absolute atomic E-state index is 12.8. The van der Waals surface area contributed by atoms with E-state index in [1.54, 1.807) is 42.5 Å². The molecule has 3 rings (SSSR count). The molecule has 0 spiro atoms. The third-order valence-electron chi connectivity index (χ3n) is 5.03. The zero-order valence-corrected chi connectivity index (χ0v) is 14.7. The summed E-state index contributed by atoms with van der Waals surface area (Å²) in [4.78, 5) is 24.7. The van der Waals surface area contributed by atoms with E-state index in [9.17, 15) is 19.8 Å². The second-order valence-electron chi connectivity index (χ2n) is 7.07. The first-order valence-electron chi connectivity index (χ1n) is 8.86. The minimum Gasteiger partial charge on any atom is -0.478 e. The monoisotopic (exact) mass is 353 g/mol. The average Bonchev–Trinajstić information content (AvgIpc) is 2.64. The van der Waals surface area contributed by atoms with E-state index < -0.39 is 11.7 Å². The maximum Gasteiger partial charge on any atom is 0.338 e. The number of aliphatic hydroxyl groups is 1. The highest BCUT2D eigenvalue weighted by molar-refractivity contribution is 6.16. The van der Waals surface area contributed by atoms with Crippen molar-refractivity contribution in [1.29, 1.82) is 0 Å². The number of carboxylic acids is 1. The number of hydrogen-bond acceptors (Lipinski definition) is 4. The van der Waals surface area contributed by atoms with Crippen LogP contribution in [-0.2, 0) is 0 Å². The van der Waals surface area contributed by atoms with Crippen LogP contribution in [0.1, 0.15) is 58.9 Å². The van der Waals surface area contributed by atoms with Crippen LogP contribution in [0.2, 0.25) is 0 Å². The van der Waals surface area contributed by atoms with Gasteiger partial charge in [0.25, 0.3) is 0 Å². The molecule has 0 amide bonds. The normalized spacial score (nSPS) is 22.6. The molecule has 0 bridgehead atoms. The number of nitrogens with one attached hydrogen (secondary N) is 1. The Hall–Kier alpha value is -2.66. The average molecular weight is 353 g/mol. The van der Waals surface area contributed by atoms with E-state index in [0.717, 1.165) is 12.8 Å². The molecule has 0 unspecified atom stereocenters. The molecule has 3 N–H and O–H groups in total. The van der Waals surface area contributed by atoms with Crippen molar-refractivity contribution in [2.75, 3.05) is 5.32 Å². The van der Waals surface area contributed by atoms with Gasteiger partial charge in [0.15, 0.2) is 5.78 Å². The molecule has 26 heavy (non-hydrogen) atoms. The van der Waals surface area contributed by atoms with Crippen LogP contribution in [0.4, 0.5) is 5.69 Å². The summed E-state index contributed by atoms with van der Waals surface area (Å²) in [7, 11) is 0. The second-order valence-corrected chi connectivity index (χ2v) is 7.07. The fraction of sp³-hybridized carbons (Fsp3) is 0.333. The molecule has 2 aromatic carbocycles. The van der Waals surface area contributed by atoms with Gasteiger partial charge in [0, 0.05) is 11.1 Å². The van der Waals surface area contributed by atoms with Crippen molar-refractivity contribution in [2.45, 2.75) is 38.3 Å². The van der Waals surface area contributed by atoms with Crippen LogP contribution >= 0.6 is 0 Å². The van der Waals surface area contributed by atoms with Crippen molar-refractivity contribution in [3.05, 3.63) is 65.2 Å². The Morgan fingerprint density at radius 1 is 1.04 bits per heavy atom. The Balaban J connectivity index is 1.97. The number of anilines is 1. The van der Waals surface area contributed by atoms with Crippen LogP contribution in [0, 0.1) is 5.92 Å². The highest BCUT2D eigenvalue weighted by Gasteiger charge is 2.33. The number of carbonyl (C=O) groups is 2. The van der Waals surface area contributed by atoms with Crippen molar-refractivity contribution in [1.82, 2.24) is 0 Å². The Kier molecular flexibility index (Phi) is 5.09. The lowest BCUT2D eigenvalue weighted by Gasteiger charge is -2.36. The van der Waals surface area contributed by atoms with E-state index in [4.69, 9.17) is 0 Å². The Morgan fingerprint density at radius 3 is 2.31 bits per heavy atom. The fourth-order valence-electron chi connectivity index (χ4n) is 3.44. The molecule has 0 saturated heterocycles. The van der Waals surface area contributed by atoms with Crippen molar-refractivity contribution in [3.63, 3.8) is 0 Å². The molecule has 0 aliphatic heterocycles. The molecular weight excluding hydrogens is 330 g/mol. The van der Waals surface area contributed by atoms with Crippen molar-refractivity contribution >= 4 is 17.4 Å². The number of rotatable bonds is 5. The number of hydrogen-bond donors (Lipinski definition) is 3. The number of ketones is 1. The molecule has 1 aliphatic carbocycles. The lowest BCUT2D eigenvalue weighted by atomic mass is 9.84. The van der Waals surface area contributed by atoms with Gasteiger partial charge in [-0.05, 0) is 37.7 Å². The van der Waals surface area contributed by atoms with Gasteiger partial charge in [-0.3, -0.25) is 4.79 Å². The topological polar surface area (TPSA) is 86.6 Å². The van der Waals surface area contributed by atoms with Crippen LogP contribution in [0.15, 0.2) is 48.5 Å². The summed E-state index contributed by atoms with van der Waals surface area (Å²) < 4.78 is 0. The molecule has 0 atom stereocenters. The van der Waals surface area contributed by atoms with Gasteiger partial charge in [0.1, 0.15) is 5.72 Å². The Morgan fingerprint density at radius 2 is 1.69 bits per heavy atom. The zero-order chi connectivity index (χ0) is 18.7. The fourth-order valence-corrected chi connectivity index (χ4v) is 3.44. The lowest BCUT2D eigenvalue weighted by Crippen LogP contribution is -2.42. The summed E-state index contributed by atoms with van der Waals surface area (Å²) >= 11 is 0. The van der Waals surface area contributed by atoms with Gasteiger partial charge in [0.05, 0.1) is 11.3 Å². The first-order valence-corrected chi connectivity index (χ1v) is 8.86. The minimum atomic E-state index is -1.19. The number of carbonyl (C=O) groups excluding carboxylic acids is 1. The highest BCUT2D eigenvalue weighted by atomic mass is 16.4. The molecule has 5 heteroatoms. The van der Waals surface area contributed by atoms with E-state index in [1.807, 2.05) is 0 Å². The van der Waals surface area contributed by atoms with Crippen LogP contribution in [0.5, 0.6) is 0 Å². The molecule has 1 saturated carbocycles. The summed E-state index contributed by atoms with van der Waals surface area (Å²) in [6, 6.07) is 13.3. The molecular formula is C21H23NO4. The SMILES string of the molecule is CC1CCC(O)(Nc2cccc(C(=O)c3ccccc3)c2C(=O)O)CC1. The van der Waals surface area contributed by atoms with E-state index in [1.165, 1.54) is 6.07 Å². The van der Waals surface area contributed by atoms with Crippen LogP contribution in [0.3, 0.4) is 0 Å². The van der Waals surface area contributed by atoms with Gasteiger partial charge in [-0.2, -0.15) is 0 Å². The van der Waals surface area contributed by atoms with Crippen molar-refractivity contribution in [2.24, 2.45) is 5.92 Å². The van der Waals surface area contributed by atoms with E-state index in [2.05, 4.69) is 12.2 Å². The molecule has 1 aliphatic rings. The van der Waals surface area contributed by atoms with Gasteiger partial charge in [-0.1, -0.05) is 49.4 Å². The van der Waals surface area contributed by atoms with Gasteiger partial charge in [0.2, 0.25) is 0 Å². The molecule has 0 aromatic heterocycles. The first kappa shape index (κ1) is 18.1. The summed E-state index contributed by atoms with van der Waals surface area (Å²) in [6.07, 6.45) is 2.83. The predicted octanol–water partition coefficient (Wildman–Crippen LogP) is 3.93. The standard InChI is InChI=1S/C21H23NO4/c1-14-10-12-21(26,13-11-14)22-17-9-5-8-16(18(17)20(24)25)19(23)15-6-3-2-4-7-15/h2-9,14,22,26H,10-13H2,1H3,(H,24,25). The number of carboxylic acid groups (broad SMARTS) is 1. The Labute approximate surface area is 152 Å². The molecule has 0 heterocycles. The zero-order valence-electron chi connectivity index (χ0n) is 14.7. The number of benzene rings is 2. The van der Waals surface area contributed by atoms with Crippen molar-refractivity contribution < 1.29 is 19.8 Å². The van der Waals surface area contributed by atoms with E-state index in [0.29, 0.717) is 24.3 Å². The highest BCUT2D eigenvalue weighted by Crippen LogP contribution is 2.34. The Bertz CT molecular complexity index is 808. The number of aromatic carboxylic acids is 1. The first-order chi connectivity index (χ1) is 12.4. The quantitative estimate of drug-likeness (QED) is 0.560. The van der Waals surface area contributed by atoms with Crippen LogP contribution in [0.25, 0.3) is 0 Å². The third-order valence-corrected chi connectivity index (χ3v) is 5.03. The molecule has 0 radical (unpaired) electrons. The molecule has 2 aromatic rings. The van der Waals surface area contributed by atoms with Crippen LogP contribution in [-0.4, -0.2) is 27.7 Å². The van der Waals surface area contributed by atoms with E-state index in [-0.39, 0.29) is 22.6 Å². The van der Waals surface area contributed by atoms with Crippen molar-refractivity contribution in [3.8, 4) is 0 Å². The van der Waals surface area contributed by atoms with Gasteiger partial charge >= 0.3 is 5.97 Å². The van der Waals surface area contributed by atoms with E-state index >= 15 is 0 Å². The summed E-state index contributed by atoms with van der Waals surface area (Å²) in [5.74, 6) is -1.00. The molecule has 1 fully saturated rings. The molecule has 136 valence electrons. The minimum absolute atomic E-state index is 0.103. The summed E-state index contributed by atoms with van der Waals surface area (Å²) in [6.45, 7) is 2.14. The van der Waals surface area contributed by atoms with Gasteiger partial charge in [-0.25, -0.2) is 4.79 Å². The van der Waals surface area contributed by atoms with Crippen LogP contribution < -0.4 is 5.32 Å². The predicted molar refractivity (Wildman–Crippen MR) is 99.5 cm³/mol. The molecule has 5 nitrogen and oxygen atoms in total. The summed E-state index contributed by atoms with van der Waals surface area (Å²) in [5.41, 5.74) is -0.436. The smallest absolute Gasteiger partial charge is 0.338 e. The van der Waals surface area contributed by atoms with Gasteiger partial charge in [-0.15, -0.1) is 0 Å².